The SMILES string of the molecule is O=C(COCCOCCOCC(=O)Oc1ccccc1)Oc1ccccc1. The number of carbonyl (C=O) groups is 2. The van der Waals surface area contributed by atoms with E-state index in [-0.39, 0.29) is 26.4 Å². The van der Waals surface area contributed by atoms with Crippen molar-refractivity contribution in [3.05, 3.63) is 60.7 Å². The summed E-state index contributed by atoms with van der Waals surface area (Å²) in [4.78, 5) is 23.1. The Morgan fingerprint density at radius 1 is 0.556 bits per heavy atom. The lowest BCUT2D eigenvalue weighted by atomic mass is 10.3. The van der Waals surface area contributed by atoms with Crippen molar-refractivity contribution < 1.29 is 33.3 Å². The summed E-state index contributed by atoms with van der Waals surface area (Å²) in [7, 11) is 0. The average molecular weight is 374 g/mol. The van der Waals surface area contributed by atoms with Gasteiger partial charge >= 0.3 is 11.9 Å². The van der Waals surface area contributed by atoms with Crippen LogP contribution >= 0.6 is 0 Å². The molecule has 144 valence electrons. The van der Waals surface area contributed by atoms with Crippen molar-refractivity contribution in [3.63, 3.8) is 0 Å². The lowest BCUT2D eigenvalue weighted by Gasteiger charge is -2.07. The highest BCUT2D eigenvalue weighted by molar-refractivity contribution is 5.73. The zero-order chi connectivity index (χ0) is 19.2. The summed E-state index contributed by atoms with van der Waals surface area (Å²) in [5.41, 5.74) is 0. The normalized spacial score (nSPS) is 10.4. The Hall–Kier alpha value is -2.74. The summed E-state index contributed by atoms with van der Waals surface area (Å²) >= 11 is 0. The molecule has 2 rings (SSSR count). The molecule has 0 atom stereocenters. The van der Waals surface area contributed by atoms with E-state index in [4.69, 9.17) is 23.7 Å². The van der Waals surface area contributed by atoms with Gasteiger partial charge in [0.05, 0.1) is 26.4 Å². The van der Waals surface area contributed by atoms with Gasteiger partial charge in [-0.3, -0.25) is 0 Å². The van der Waals surface area contributed by atoms with E-state index >= 15 is 0 Å². The summed E-state index contributed by atoms with van der Waals surface area (Å²) in [5, 5.41) is 0. The fraction of sp³-hybridized carbons (Fsp3) is 0.300. The summed E-state index contributed by atoms with van der Waals surface area (Å²) in [6.45, 7) is 0.799. The van der Waals surface area contributed by atoms with Gasteiger partial charge in [-0.25, -0.2) is 9.59 Å². The monoisotopic (exact) mass is 374 g/mol. The van der Waals surface area contributed by atoms with Crippen LogP contribution in [0.3, 0.4) is 0 Å². The summed E-state index contributed by atoms with van der Waals surface area (Å²) < 4.78 is 25.7. The molecular weight excluding hydrogens is 352 g/mol. The van der Waals surface area contributed by atoms with E-state index in [0.717, 1.165) is 0 Å². The zero-order valence-electron chi connectivity index (χ0n) is 14.9. The van der Waals surface area contributed by atoms with E-state index < -0.39 is 11.9 Å². The van der Waals surface area contributed by atoms with Crippen molar-refractivity contribution in [2.45, 2.75) is 0 Å². The van der Waals surface area contributed by atoms with Crippen molar-refractivity contribution in [1.29, 1.82) is 0 Å². The Balaban J connectivity index is 1.40. The molecule has 0 radical (unpaired) electrons. The second kappa shape index (κ2) is 12.6. The molecule has 0 aliphatic heterocycles. The molecule has 0 spiro atoms. The zero-order valence-corrected chi connectivity index (χ0v) is 14.9. The van der Waals surface area contributed by atoms with Gasteiger partial charge in [-0.05, 0) is 24.3 Å². The number of ether oxygens (including phenoxy) is 5. The number of para-hydroxylation sites is 2. The third-order valence-corrected chi connectivity index (χ3v) is 3.13. The molecule has 2 aromatic carbocycles. The maximum atomic E-state index is 11.5. The van der Waals surface area contributed by atoms with Crippen LogP contribution in [0, 0.1) is 0 Å². The maximum absolute atomic E-state index is 11.5. The van der Waals surface area contributed by atoms with Crippen molar-refractivity contribution >= 4 is 11.9 Å². The van der Waals surface area contributed by atoms with Crippen LogP contribution in [-0.2, 0) is 23.8 Å². The topological polar surface area (TPSA) is 80.3 Å². The average Bonchev–Trinajstić information content (AvgIpc) is 2.68. The first-order valence-electron chi connectivity index (χ1n) is 8.49. The van der Waals surface area contributed by atoms with Gasteiger partial charge in [0.2, 0.25) is 0 Å². The molecule has 0 aliphatic rings. The van der Waals surface area contributed by atoms with Crippen LogP contribution in [0.4, 0.5) is 0 Å². The van der Waals surface area contributed by atoms with E-state index in [1.54, 1.807) is 48.5 Å². The van der Waals surface area contributed by atoms with Gasteiger partial charge < -0.3 is 23.7 Å². The Bertz CT molecular complexity index is 614. The Kier molecular flexibility index (Phi) is 9.59. The predicted octanol–water partition coefficient (Wildman–Crippen LogP) is 2.25. The lowest BCUT2D eigenvalue weighted by molar-refractivity contribution is -0.140. The molecule has 7 nitrogen and oxygen atoms in total. The van der Waals surface area contributed by atoms with Gasteiger partial charge in [0.25, 0.3) is 0 Å². The molecular formula is C20H22O7. The Labute approximate surface area is 157 Å². The van der Waals surface area contributed by atoms with Crippen LogP contribution in [0.2, 0.25) is 0 Å². The maximum Gasteiger partial charge on any atom is 0.337 e. The fourth-order valence-corrected chi connectivity index (χ4v) is 1.95. The van der Waals surface area contributed by atoms with Crippen molar-refractivity contribution in [3.8, 4) is 11.5 Å². The van der Waals surface area contributed by atoms with Gasteiger partial charge in [-0.15, -0.1) is 0 Å². The van der Waals surface area contributed by atoms with E-state index in [9.17, 15) is 9.59 Å². The molecule has 27 heavy (non-hydrogen) atoms. The van der Waals surface area contributed by atoms with Crippen LogP contribution in [0.5, 0.6) is 11.5 Å². The summed E-state index contributed by atoms with van der Waals surface area (Å²) in [5.74, 6) is 0.0125. The minimum absolute atomic E-state index is 0.153. The standard InChI is InChI=1S/C20H22O7/c21-19(26-17-7-3-1-4-8-17)15-24-13-11-23-12-14-25-16-20(22)27-18-9-5-2-6-10-18/h1-10H,11-16H2. The quantitative estimate of drug-likeness (QED) is 0.320. The van der Waals surface area contributed by atoms with Crippen LogP contribution in [0.15, 0.2) is 60.7 Å². The molecule has 0 heterocycles. The van der Waals surface area contributed by atoms with E-state index in [2.05, 4.69) is 0 Å². The smallest absolute Gasteiger partial charge is 0.337 e. The van der Waals surface area contributed by atoms with Crippen molar-refractivity contribution in [2.24, 2.45) is 0 Å². The second-order valence-electron chi connectivity index (χ2n) is 5.29. The first-order chi connectivity index (χ1) is 13.2. The number of carbonyl (C=O) groups excluding carboxylic acids is 2. The Morgan fingerprint density at radius 2 is 0.926 bits per heavy atom. The molecule has 0 aromatic heterocycles. The largest absolute Gasteiger partial charge is 0.425 e. The van der Waals surface area contributed by atoms with Crippen LogP contribution in [-0.4, -0.2) is 51.6 Å². The molecule has 0 saturated carbocycles. The molecule has 0 N–H and O–H groups in total. The van der Waals surface area contributed by atoms with Gasteiger partial charge in [0.1, 0.15) is 24.7 Å². The molecule has 2 aromatic rings. The van der Waals surface area contributed by atoms with Crippen molar-refractivity contribution in [1.82, 2.24) is 0 Å². The highest BCUT2D eigenvalue weighted by Gasteiger charge is 2.05. The number of esters is 2. The minimum Gasteiger partial charge on any atom is -0.425 e. The van der Waals surface area contributed by atoms with E-state index in [1.807, 2.05) is 12.1 Å². The van der Waals surface area contributed by atoms with Crippen LogP contribution < -0.4 is 9.47 Å². The first kappa shape index (κ1) is 20.6. The van der Waals surface area contributed by atoms with Crippen molar-refractivity contribution in [2.75, 3.05) is 39.6 Å². The minimum atomic E-state index is -0.471. The number of hydrogen-bond acceptors (Lipinski definition) is 7. The van der Waals surface area contributed by atoms with Gasteiger partial charge in [-0.1, -0.05) is 36.4 Å². The highest BCUT2D eigenvalue weighted by atomic mass is 16.6. The Morgan fingerprint density at radius 3 is 1.33 bits per heavy atom. The molecule has 0 unspecified atom stereocenters. The fourth-order valence-electron chi connectivity index (χ4n) is 1.95. The molecule has 0 fully saturated rings. The van der Waals surface area contributed by atoms with Gasteiger partial charge in [-0.2, -0.15) is 0 Å². The van der Waals surface area contributed by atoms with Crippen LogP contribution in [0.25, 0.3) is 0 Å². The first-order valence-corrected chi connectivity index (χ1v) is 8.49. The second-order valence-corrected chi connectivity index (χ2v) is 5.29. The molecule has 7 heteroatoms. The number of rotatable bonds is 12. The molecule has 0 amide bonds. The van der Waals surface area contributed by atoms with Crippen LogP contribution in [0.1, 0.15) is 0 Å². The third-order valence-electron chi connectivity index (χ3n) is 3.13. The lowest BCUT2D eigenvalue weighted by Crippen LogP contribution is -2.19. The highest BCUT2D eigenvalue weighted by Crippen LogP contribution is 2.09. The van der Waals surface area contributed by atoms with Gasteiger partial charge in [0, 0.05) is 0 Å². The third kappa shape index (κ3) is 9.50. The van der Waals surface area contributed by atoms with E-state index in [0.29, 0.717) is 24.7 Å². The molecule has 0 aliphatic carbocycles. The summed E-state index contributed by atoms with van der Waals surface area (Å²) in [6, 6.07) is 17.5. The van der Waals surface area contributed by atoms with E-state index in [1.165, 1.54) is 0 Å². The molecule has 0 bridgehead atoms. The number of benzene rings is 2. The van der Waals surface area contributed by atoms with Gasteiger partial charge in [0.15, 0.2) is 0 Å². The predicted molar refractivity (Wildman–Crippen MR) is 96.6 cm³/mol. The molecule has 0 saturated heterocycles. The summed E-state index contributed by atoms with van der Waals surface area (Å²) in [6.07, 6.45) is 0. The number of hydrogen-bond donors (Lipinski definition) is 0.